The summed E-state index contributed by atoms with van der Waals surface area (Å²) in [6, 6.07) is 5.27. The Bertz CT molecular complexity index is 1180. The number of thioether (sulfide) groups is 1. The number of carbonyl (C=O) groups is 3. The van der Waals surface area contributed by atoms with Gasteiger partial charge >= 0.3 is 5.97 Å². The van der Waals surface area contributed by atoms with Crippen molar-refractivity contribution in [1.82, 2.24) is 4.90 Å². The normalized spacial score (nSPS) is 33.3. The van der Waals surface area contributed by atoms with Gasteiger partial charge in [-0.25, -0.2) is 0 Å². The van der Waals surface area contributed by atoms with Gasteiger partial charge in [0.15, 0.2) is 0 Å². The van der Waals surface area contributed by atoms with E-state index in [-0.39, 0.29) is 24.4 Å². The predicted octanol–water partition coefficient (Wildman–Crippen LogP) is 4.34. The monoisotopic (exact) mass is 552 g/mol. The fourth-order valence-electron chi connectivity index (χ4n) is 7.04. The topological polar surface area (TPSA) is 87.2 Å². The second-order valence-corrected chi connectivity index (χ2v) is 13.3. The molecule has 5 atom stereocenters. The van der Waals surface area contributed by atoms with Crippen molar-refractivity contribution < 1.29 is 24.2 Å². The number of rotatable bonds is 6. The fraction of sp³-hybridized carbons (Fsp3) is 0.581. The van der Waals surface area contributed by atoms with E-state index in [0.29, 0.717) is 32.5 Å². The summed E-state index contributed by atoms with van der Waals surface area (Å²) in [6.07, 6.45) is 13.0. The van der Waals surface area contributed by atoms with E-state index < -0.39 is 27.4 Å². The highest BCUT2D eigenvalue weighted by Crippen LogP contribution is 2.65. The van der Waals surface area contributed by atoms with Crippen molar-refractivity contribution in [2.45, 2.75) is 74.8 Å². The molecule has 0 aromatic heterocycles. The van der Waals surface area contributed by atoms with Gasteiger partial charge in [0, 0.05) is 30.1 Å². The molecule has 5 rings (SSSR count). The van der Waals surface area contributed by atoms with E-state index in [1.807, 2.05) is 49.9 Å². The van der Waals surface area contributed by atoms with Crippen LogP contribution in [0.5, 0.6) is 0 Å². The number of para-hydroxylation sites is 1. The predicted molar refractivity (Wildman–Crippen MR) is 154 cm³/mol. The zero-order chi connectivity index (χ0) is 27.8. The van der Waals surface area contributed by atoms with Gasteiger partial charge in [0.25, 0.3) is 5.91 Å². The summed E-state index contributed by atoms with van der Waals surface area (Å²) in [5.41, 5.74) is 2.90. The minimum Gasteiger partial charge on any atom is -0.465 e. The number of benzene rings is 1. The van der Waals surface area contributed by atoms with E-state index in [1.165, 1.54) is 0 Å². The highest BCUT2D eigenvalue weighted by Gasteiger charge is 2.73. The van der Waals surface area contributed by atoms with Crippen molar-refractivity contribution in [3.8, 4) is 0 Å². The molecule has 2 saturated heterocycles. The number of aliphatic hydroxyl groups is 1. The number of aliphatic hydroxyl groups excluding tert-OH is 1. The average Bonchev–Trinajstić information content (AvgIpc) is 3.22. The van der Waals surface area contributed by atoms with Crippen LogP contribution in [0.4, 0.5) is 5.69 Å². The number of cyclic esters (lactones) is 1. The summed E-state index contributed by atoms with van der Waals surface area (Å²) >= 11 is 1.59. The van der Waals surface area contributed by atoms with Gasteiger partial charge in [-0.3, -0.25) is 14.4 Å². The van der Waals surface area contributed by atoms with E-state index in [1.54, 1.807) is 16.7 Å². The van der Waals surface area contributed by atoms with Gasteiger partial charge in [0.05, 0.1) is 23.2 Å². The lowest BCUT2D eigenvalue weighted by Gasteiger charge is -2.37. The molecule has 0 aliphatic carbocycles. The zero-order valence-electron chi connectivity index (χ0n) is 23.2. The van der Waals surface area contributed by atoms with Gasteiger partial charge in [0.1, 0.15) is 6.04 Å². The second-order valence-electron chi connectivity index (χ2n) is 11.5. The van der Waals surface area contributed by atoms with Gasteiger partial charge < -0.3 is 19.6 Å². The van der Waals surface area contributed by atoms with Gasteiger partial charge in [-0.15, -0.1) is 11.8 Å². The summed E-state index contributed by atoms with van der Waals surface area (Å²) in [4.78, 5) is 46.2. The lowest BCUT2D eigenvalue weighted by molar-refractivity contribution is -0.154. The van der Waals surface area contributed by atoms with E-state index >= 15 is 0 Å². The summed E-state index contributed by atoms with van der Waals surface area (Å²) in [5.74, 6) is -1.96. The van der Waals surface area contributed by atoms with Crippen LogP contribution in [-0.2, 0) is 19.1 Å². The number of aryl methyl sites for hydroxylation is 2. The molecule has 4 aliphatic rings. The Kier molecular flexibility index (Phi) is 7.98. The van der Waals surface area contributed by atoms with Crippen molar-refractivity contribution in [3.63, 3.8) is 0 Å². The van der Waals surface area contributed by atoms with Crippen LogP contribution in [0.1, 0.15) is 56.6 Å². The smallest absolute Gasteiger partial charge is 0.311 e. The molecular formula is C31H40N2O5S. The zero-order valence-corrected chi connectivity index (χ0v) is 24.0. The quantitative estimate of drug-likeness (QED) is 0.321. The molecule has 0 saturated carbocycles. The van der Waals surface area contributed by atoms with Crippen LogP contribution in [0, 0.1) is 25.7 Å². The number of fused-ring (bicyclic) bond motifs is 2. The molecule has 4 aliphatic heterocycles. The first-order chi connectivity index (χ1) is 18.7. The van der Waals surface area contributed by atoms with Gasteiger partial charge in [0.2, 0.25) is 5.91 Å². The third-order valence-corrected chi connectivity index (χ3v) is 10.6. The summed E-state index contributed by atoms with van der Waals surface area (Å²) in [6.45, 7) is 7.31. The number of carbonyl (C=O) groups excluding carboxylic acids is 3. The number of nitrogens with zero attached hydrogens (tertiary/aromatic N) is 2. The highest BCUT2D eigenvalue weighted by molar-refractivity contribution is 8.02. The molecule has 2 amide bonds. The van der Waals surface area contributed by atoms with Crippen molar-refractivity contribution >= 4 is 35.2 Å². The molecule has 0 radical (unpaired) electrons. The highest BCUT2D eigenvalue weighted by atomic mass is 32.2. The number of ether oxygens (including phenoxy) is 1. The first kappa shape index (κ1) is 28.0. The Labute approximate surface area is 235 Å². The Morgan fingerprint density at radius 3 is 2.51 bits per heavy atom. The Morgan fingerprint density at radius 1 is 1.00 bits per heavy atom. The lowest BCUT2D eigenvalue weighted by atomic mass is 9.74. The Morgan fingerprint density at radius 2 is 1.77 bits per heavy atom. The van der Waals surface area contributed by atoms with Crippen molar-refractivity contribution in [3.05, 3.63) is 53.6 Å². The van der Waals surface area contributed by atoms with Crippen LogP contribution in [0.25, 0.3) is 0 Å². The van der Waals surface area contributed by atoms with Crippen molar-refractivity contribution in [1.29, 1.82) is 0 Å². The van der Waals surface area contributed by atoms with Crippen molar-refractivity contribution in [2.75, 3.05) is 31.2 Å². The molecule has 7 nitrogen and oxygen atoms in total. The maximum absolute atomic E-state index is 14.7. The molecule has 1 unspecified atom stereocenters. The van der Waals surface area contributed by atoms with Crippen LogP contribution in [-0.4, -0.2) is 69.6 Å². The fourth-order valence-corrected chi connectivity index (χ4v) is 9.19. The van der Waals surface area contributed by atoms with E-state index in [4.69, 9.17) is 4.74 Å². The first-order valence-corrected chi connectivity index (χ1v) is 15.1. The van der Waals surface area contributed by atoms with Crippen molar-refractivity contribution in [2.24, 2.45) is 11.8 Å². The molecule has 8 heteroatoms. The minimum atomic E-state index is -0.882. The van der Waals surface area contributed by atoms with Crippen LogP contribution in [0.3, 0.4) is 0 Å². The second kappa shape index (κ2) is 11.1. The van der Waals surface area contributed by atoms with E-state index in [2.05, 4.69) is 18.2 Å². The maximum atomic E-state index is 14.7. The Balaban J connectivity index is 1.62. The minimum absolute atomic E-state index is 0.0976. The summed E-state index contributed by atoms with van der Waals surface area (Å²) in [7, 11) is 0. The van der Waals surface area contributed by atoms with Crippen LogP contribution in [0.2, 0.25) is 0 Å². The van der Waals surface area contributed by atoms with Gasteiger partial charge in [-0.1, -0.05) is 42.5 Å². The number of hydrogen-bond donors (Lipinski definition) is 1. The third kappa shape index (κ3) is 4.73. The molecule has 4 heterocycles. The molecule has 210 valence electrons. The molecule has 39 heavy (non-hydrogen) atoms. The number of allylic oxidation sites excluding steroid dienone is 1. The number of esters is 1. The molecule has 2 fully saturated rings. The third-order valence-electron chi connectivity index (χ3n) is 8.77. The number of amides is 2. The van der Waals surface area contributed by atoms with Gasteiger partial charge in [-0.05, 0) is 70.4 Å². The van der Waals surface area contributed by atoms with Gasteiger partial charge in [-0.2, -0.15) is 0 Å². The largest absolute Gasteiger partial charge is 0.465 e. The molecule has 1 N–H and O–H groups in total. The number of likely N-dealkylation sites (tertiary alicyclic amines) is 1. The molecular weight excluding hydrogens is 512 g/mol. The molecule has 1 aromatic carbocycles. The van der Waals surface area contributed by atoms with Crippen LogP contribution >= 0.6 is 11.8 Å². The van der Waals surface area contributed by atoms with Crippen LogP contribution < -0.4 is 4.90 Å². The summed E-state index contributed by atoms with van der Waals surface area (Å²) < 4.78 is 4.20. The molecule has 1 aromatic rings. The standard InChI is InChI=1S/C31H40N2O5S/c1-21-13-11-14-22(2)25(21)32-18-12-16-31-23(27(35)33(26(31)28(32)36)17-8-6-9-19-34)24-29(37)38-20-10-5-4-7-15-30(24,3)39-31/h7,11-16,23-24,26,34H,4-6,8-10,17-20H2,1-3H3/b15-7-/t23-,24-,26?,30+,31-/m0/s1. The van der Waals surface area contributed by atoms with E-state index in [0.717, 1.165) is 42.5 Å². The Hall–Kier alpha value is -2.58. The molecule has 1 spiro atoms. The van der Waals surface area contributed by atoms with E-state index in [9.17, 15) is 19.5 Å². The van der Waals surface area contributed by atoms with Crippen LogP contribution in [0.15, 0.2) is 42.5 Å². The summed E-state index contributed by atoms with van der Waals surface area (Å²) in [5, 5.41) is 9.29. The lowest BCUT2D eigenvalue weighted by Crippen LogP contribution is -2.53. The molecule has 0 bridgehead atoms. The number of anilines is 1. The average molecular weight is 553 g/mol. The first-order valence-electron chi connectivity index (χ1n) is 14.3. The number of hydrogen-bond acceptors (Lipinski definition) is 6. The maximum Gasteiger partial charge on any atom is 0.311 e. The SMILES string of the molecule is Cc1cccc(C)c1N1CC=C[C@]23S[C@]4(C)/C=C\CCCCOC(=O)[C@@H]4[C@H]2C(=O)N(CCCCCO)C3C1=O. The number of unbranched alkanes of at least 4 members (excludes halogenated alkanes) is 2.